The van der Waals surface area contributed by atoms with Crippen LogP contribution in [0.15, 0.2) is 18.2 Å². The molecule has 0 N–H and O–H groups in total. The van der Waals surface area contributed by atoms with Crippen molar-refractivity contribution < 1.29 is 23.6 Å². The average molecular weight is 417 g/mol. The molecular weight excluding hydrogens is 381 g/mol. The monoisotopic (exact) mass is 417 g/mol. The third-order valence-electron chi connectivity index (χ3n) is 6.37. The van der Waals surface area contributed by atoms with Gasteiger partial charge in [-0.1, -0.05) is 12.1 Å². The molecule has 2 fully saturated rings. The van der Waals surface area contributed by atoms with Crippen LogP contribution in [0.1, 0.15) is 72.8 Å². The lowest BCUT2D eigenvalue weighted by Crippen LogP contribution is -2.41. The summed E-state index contributed by atoms with van der Waals surface area (Å²) in [6.45, 7) is 15.3. The molecule has 0 bridgehead atoms. The van der Waals surface area contributed by atoms with Crippen LogP contribution in [-0.2, 0) is 14.0 Å². The number of benzene rings is 1. The third-order valence-corrected chi connectivity index (χ3v) is 6.37. The normalized spacial score (nSPS) is 21.6. The Bertz CT molecular complexity index is 762. The number of ether oxygens (including phenoxy) is 2. The molecule has 2 saturated heterocycles. The Balaban J connectivity index is 1.69. The van der Waals surface area contributed by atoms with Crippen molar-refractivity contribution in [2.75, 3.05) is 20.2 Å². The van der Waals surface area contributed by atoms with Gasteiger partial charge in [-0.25, -0.2) is 4.79 Å². The highest BCUT2D eigenvalue weighted by atomic mass is 16.7. The fourth-order valence-corrected chi connectivity index (χ4v) is 3.89. The molecule has 0 unspecified atom stereocenters. The first kappa shape index (κ1) is 22.9. The van der Waals surface area contributed by atoms with E-state index in [1.54, 1.807) is 12.0 Å². The largest absolute Gasteiger partial charge is 0.496 e. The number of piperidine rings is 1. The molecule has 0 atom stereocenters. The first-order valence-corrected chi connectivity index (χ1v) is 10.8. The molecule has 0 saturated carbocycles. The molecule has 0 aliphatic carbocycles. The van der Waals surface area contributed by atoms with E-state index < -0.39 is 12.7 Å². The Labute approximate surface area is 181 Å². The Morgan fingerprint density at radius 3 is 2.17 bits per heavy atom. The number of nitrogens with zero attached hydrogens (tertiary/aromatic N) is 1. The predicted molar refractivity (Wildman–Crippen MR) is 118 cm³/mol. The van der Waals surface area contributed by atoms with E-state index in [1.807, 2.05) is 26.8 Å². The van der Waals surface area contributed by atoms with Gasteiger partial charge in [0.25, 0.3) is 0 Å². The Morgan fingerprint density at radius 2 is 1.67 bits per heavy atom. The van der Waals surface area contributed by atoms with Crippen LogP contribution in [0.2, 0.25) is 0 Å². The first-order valence-electron chi connectivity index (χ1n) is 10.8. The number of methoxy groups -OCH3 is 1. The Morgan fingerprint density at radius 1 is 1.10 bits per heavy atom. The lowest BCUT2D eigenvalue weighted by atomic mass is 9.77. The van der Waals surface area contributed by atoms with Gasteiger partial charge < -0.3 is 23.7 Å². The molecule has 1 aromatic carbocycles. The summed E-state index contributed by atoms with van der Waals surface area (Å²) in [5, 5.41) is 0. The summed E-state index contributed by atoms with van der Waals surface area (Å²) in [5.41, 5.74) is 0.901. The van der Waals surface area contributed by atoms with Gasteiger partial charge >= 0.3 is 13.2 Å². The van der Waals surface area contributed by atoms with Gasteiger partial charge in [-0.05, 0) is 84.3 Å². The molecule has 2 aliphatic heterocycles. The standard InChI is InChI=1S/C23H36BNO5/c1-21(2,3)28-20(26)25-13-11-16(12-14-25)18-10-9-17(15-19(18)27-8)24-29-22(4,5)23(6,7)30-24/h9-10,15-16H,11-14H2,1-8H3. The highest BCUT2D eigenvalue weighted by Crippen LogP contribution is 2.38. The van der Waals surface area contributed by atoms with Crippen LogP contribution in [0.5, 0.6) is 5.75 Å². The quantitative estimate of drug-likeness (QED) is 0.693. The molecule has 6 nitrogen and oxygen atoms in total. The van der Waals surface area contributed by atoms with Crippen LogP contribution in [0, 0.1) is 0 Å². The van der Waals surface area contributed by atoms with Crippen LogP contribution >= 0.6 is 0 Å². The third kappa shape index (κ3) is 4.78. The van der Waals surface area contributed by atoms with Crippen molar-refractivity contribution >= 4 is 18.7 Å². The average Bonchev–Trinajstić information content (AvgIpc) is 2.87. The van der Waals surface area contributed by atoms with Crippen molar-refractivity contribution in [2.45, 2.75) is 84.0 Å². The van der Waals surface area contributed by atoms with E-state index in [0.29, 0.717) is 19.0 Å². The van der Waals surface area contributed by atoms with Crippen LogP contribution in [0.25, 0.3) is 0 Å². The number of likely N-dealkylation sites (tertiary alicyclic amines) is 1. The minimum Gasteiger partial charge on any atom is -0.496 e. The van der Waals surface area contributed by atoms with Crippen molar-refractivity contribution in [3.63, 3.8) is 0 Å². The molecule has 0 aromatic heterocycles. The van der Waals surface area contributed by atoms with E-state index in [4.69, 9.17) is 18.8 Å². The molecule has 1 aromatic rings. The number of carbonyl (C=O) groups is 1. The van der Waals surface area contributed by atoms with E-state index in [-0.39, 0.29) is 17.3 Å². The lowest BCUT2D eigenvalue weighted by molar-refractivity contribution is 0.00578. The summed E-state index contributed by atoms with van der Waals surface area (Å²) in [4.78, 5) is 14.1. The molecule has 166 valence electrons. The highest BCUT2D eigenvalue weighted by Gasteiger charge is 2.51. The summed E-state index contributed by atoms with van der Waals surface area (Å²) >= 11 is 0. The predicted octanol–water partition coefficient (Wildman–Crippen LogP) is 4.11. The highest BCUT2D eigenvalue weighted by molar-refractivity contribution is 6.62. The zero-order valence-corrected chi connectivity index (χ0v) is 19.7. The smallest absolute Gasteiger partial charge is 0.494 e. The zero-order chi connectivity index (χ0) is 22.3. The molecule has 1 amide bonds. The van der Waals surface area contributed by atoms with Gasteiger partial charge in [0.15, 0.2) is 0 Å². The van der Waals surface area contributed by atoms with Crippen molar-refractivity contribution in [2.24, 2.45) is 0 Å². The van der Waals surface area contributed by atoms with Crippen molar-refractivity contribution in [1.82, 2.24) is 4.90 Å². The molecule has 0 spiro atoms. The Kier molecular flexibility index (Phi) is 6.18. The topological polar surface area (TPSA) is 57.2 Å². The van der Waals surface area contributed by atoms with Crippen LogP contribution < -0.4 is 10.2 Å². The van der Waals surface area contributed by atoms with Gasteiger partial charge in [0.1, 0.15) is 11.4 Å². The zero-order valence-electron chi connectivity index (χ0n) is 19.7. The van der Waals surface area contributed by atoms with E-state index >= 15 is 0 Å². The summed E-state index contributed by atoms with van der Waals surface area (Å²) in [7, 11) is 1.29. The molecule has 2 aliphatic rings. The molecule has 2 heterocycles. The molecule has 3 rings (SSSR count). The minimum absolute atomic E-state index is 0.232. The van der Waals surface area contributed by atoms with Crippen LogP contribution in [-0.4, -0.2) is 55.1 Å². The van der Waals surface area contributed by atoms with E-state index in [1.165, 1.54) is 5.56 Å². The first-order chi connectivity index (χ1) is 13.8. The van der Waals surface area contributed by atoms with Gasteiger partial charge in [0.05, 0.1) is 18.3 Å². The number of amides is 1. The maximum atomic E-state index is 12.3. The van der Waals surface area contributed by atoms with E-state index in [9.17, 15) is 4.79 Å². The molecule has 7 heteroatoms. The van der Waals surface area contributed by atoms with Gasteiger partial charge in [-0.3, -0.25) is 0 Å². The number of hydrogen-bond acceptors (Lipinski definition) is 5. The fraction of sp³-hybridized carbons (Fsp3) is 0.696. The summed E-state index contributed by atoms with van der Waals surface area (Å²) in [5.74, 6) is 1.18. The van der Waals surface area contributed by atoms with Crippen molar-refractivity contribution in [3.05, 3.63) is 23.8 Å². The van der Waals surface area contributed by atoms with Gasteiger partial charge in [-0.2, -0.15) is 0 Å². The maximum Gasteiger partial charge on any atom is 0.494 e. The van der Waals surface area contributed by atoms with Crippen LogP contribution in [0.4, 0.5) is 4.79 Å². The van der Waals surface area contributed by atoms with Crippen LogP contribution in [0.3, 0.4) is 0 Å². The Hall–Kier alpha value is -1.73. The van der Waals surface area contributed by atoms with E-state index in [0.717, 1.165) is 24.1 Å². The fourth-order valence-electron chi connectivity index (χ4n) is 3.89. The van der Waals surface area contributed by atoms with Crippen molar-refractivity contribution in [1.29, 1.82) is 0 Å². The maximum absolute atomic E-state index is 12.3. The van der Waals surface area contributed by atoms with Gasteiger partial charge in [-0.15, -0.1) is 0 Å². The SMILES string of the molecule is COc1cc(B2OC(C)(C)C(C)(C)O2)ccc1C1CCN(C(=O)OC(C)(C)C)CC1. The second-order valence-corrected chi connectivity index (χ2v) is 10.3. The summed E-state index contributed by atoms with van der Waals surface area (Å²) in [6.07, 6.45) is 1.53. The second kappa shape index (κ2) is 8.08. The van der Waals surface area contributed by atoms with Crippen molar-refractivity contribution in [3.8, 4) is 5.75 Å². The van der Waals surface area contributed by atoms with Gasteiger partial charge in [0.2, 0.25) is 0 Å². The summed E-state index contributed by atoms with van der Waals surface area (Å²) in [6, 6.07) is 6.21. The molecule has 0 radical (unpaired) electrons. The summed E-state index contributed by atoms with van der Waals surface area (Å²) < 4.78 is 23.6. The number of hydrogen-bond donors (Lipinski definition) is 0. The second-order valence-electron chi connectivity index (χ2n) is 10.3. The van der Waals surface area contributed by atoms with Gasteiger partial charge in [0, 0.05) is 13.1 Å². The molecular formula is C23H36BNO5. The van der Waals surface area contributed by atoms with E-state index in [2.05, 4.69) is 39.8 Å². The number of rotatable bonds is 3. The minimum atomic E-state index is -0.472. The lowest BCUT2D eigenvalue weighted by Gasteiger charge is -2.34. The number of carbonyl (C=O) groups excluding carboxylic acids is 1. The molecule has 30 heavy (non-hydrogen) atoms.